The second-order valence-corrected chi connectivity index (χ2v) is 12.2. The molecular formula is C32H29ClN4O4S. The number of carbonyl (C=O) groups is 1. The molecule has 0 aliphatic carbocycles. The van der Waals surface area contributed by atoms with Gasteiger partial charge in [0.1, 0.15) is 5.69 Å². The van der Waals surface area contributed by atoms with Gasteiger partial charge < -0.3 is 5.32 Å². The molecule has 0 aliphatic heterocycles. The van der Waals surface area contributed by atoms with E-state index >= 15 is 0 Å². The molecule has 0 spiro atoms. The lowest BCUT2D eigenvalue weighted by Crippen LogP contribution is -2.32. The largest absolute Gasteiger partial charge is 0.316 e. The van der Waals surface area contributed by atoms with Crippen molar-refractivity contribution in [2.45, 2.75) is 25.3 Å². The van der Waals surface area contributed by atoms with E-state index < -0.39 is 21.5 Å². The van der Waals surface area contributed by atoms with Gasteiger partial charge in [0.25, 0.3) is 21.5 Å². The quantitative estimate of drug-likeness (QED) is 0.233. The van der Waals surface area contributed by atoms with E-state index in [0.717, 1.165) is 5.56 Å². The van der Waals surface area contributed by atoms with Gasteiger partial charge in [-0.15, -0.1) is 0 Å². The van der Waals surface area contributed by atoms with Gasteiger partial charge in [0.05, 0.1) is 34.1 Å². The van der Waals surface area contributed by atoms with Gasteiger partial charge in [-0.25, -0.2) is 13.1 Å². The molecule has 1 N–H and O–H groups in total. The number of aryl methyl sites for hydroxylation is 1. The maximum absolute atomic E-state index is 14.1. The third kappa shape index (κ3) is 5.61. The fourth-order valence-corrected chi connectivity index (χ4v) is 6.27. The number of nitrogens with zero attached hydrogens (tertiary/aromatic N) is 3. The molecule has 1 aromatic heterocycles. The SMILES string of the molecule is Cc1ccc(S(=O)(=O)N(Cc2ccc(Cl)cc2)c2ccccc2C(=O)Nc2c(C)n(C)n(-c3ccccc3)c2=O)cc1. The zero-order valence-electron chi connectivity index (χ0n) is 23.3. The maximum Gasteiger partial charge on any atom is 0.295 e. The Morgan fingerprint density at radius 1 is 0.857 bits per heavy atom. The normalized spacial score (nSPS) is 11.3. The van der Waals surface area contributed by atoms with Gasteiger partial charge in [-0.3, -0.25) is 18.6 Å². The van der Waals surface area contributed by atoms with Gasteiger partial charge in [0.15, 0.2) is 0 Å². The van der Waals surface area contributed by atoms with E-state index in [1.165, 1.54) is 15.1 Å². The zero-order chi connectivity index (χ0) is 30.0. The molecule has 1 amide bonds. The molecular weight excluding hydrogens is 572 g/mol. The Kier molecular flexibility index (Phi) is 8.06. The van der Waals surface area contributed by atoms with Crippen molar-refractivity contribution in [3.63, 3.8) is 0 Å². The fourth-order valence-electron chi connectivity index (χ4n) is 4.67. The summed E-state index contributed by atoms with van der Waals surface area (Å²) in [6, 6.07) is 28.9. The molecule has 0 atom stereocenters. The van der Waals surface area contributed by atoms with Gasteiger partial charge in [0.2, 0.25) is 0 Å². The van der Waals surface area contributed by atoms with E-state index in [0.29, 0.717) is 22.0 Å². The van der Waals surface area contributed by atoms with Crippen molar-refractivity contribution in [1.82, 2.24) is 9.36 Å². The Balaban J connectivity index is 1.58. The molecule has 0 radical (unpaired) electrons. The first-order chi connectivity index (χ1) is 20.1. The number of amides is 1. The highest BCUT2D eigenvalue weighted by molar-refractivity contribution is 7.92. The molecule has 0 saturated heterocycles. The third-order valence-electron chi connectivity index (χ3n) is 7.06. The predicted molar refractivity (Wildman–Crippen MR) is 166 cm³/mol. The first kappa shape index (κ1) is 28.9. The molecule has 214 valence electrons. The number of anilines is 2. The van der Waals surface area contributed by atoms with Gasteiger partial charge in [0, 0.05) is 12.1 Å². The lowest BCUT2D eigenvalue weighted by atomic mass is 10.1. The molecule has 10 heteroatoms. The van der Waals surface area contributed by atoms with Crippen molar-refractivity contribution in [3.05, 3.63) is 141 Å². The van der Waals surface area contributed by atoms with Crippen LogP contribution in [0.15, 0.2) is 113 Å². The maximum atomic E-state index is 14.1. The number of halogens is 1. The first-order valence-corrected chi connectivity index (χ1v) is 15.0. The highest BCUT2D eigenvalue weighted by Gasteiger charge is 2.29. The number of hydrogen-bond acceptors (Lipinski definition) is 4. The number of carbonyl (C=O) groups excluding carboxylic acids is 1. The molecule has 0 bridgehead atoms. The third-order valence-corrected chi connectivity index (χ3v) is 9.08. The Labute approximate surface area is 249 Å². The van der Waals surface area contributed by atoms with Gasteiger partial charge in [-0.2, -0.15) is 0 Å². The Bertz CT molecular complexity index is 1910. The van der Waals surface area contributed by atoms with Crippen LogP contribution in [0.5, 0.6) is 0 Å². The van der Waals surface area contributed by atoms with Crippen LogP contribution in [0.1, 0.15) is 27.2 Å². The van der Waals surface area contributed by atoms with Crippen LogP contribution in [0.25, 0.3) is 5.69 Å². The summed E-state index contributed by atoms with van der Waals surface area (Å²) in [5, 5.41) is 3.28. The number of sulfonamides is 1. The molecule has 4 aromatic carbocycles. The van der Waals surface area contributed by atoms with Crippen molar-refractivity contribution >= 4 is 38.9 Å². The molecule has 42 heavy (non-hydrogen) atoms. The number of benzene rings is 4. The molecule has 0 aliphatic rings. The van der Waals surface area contributed by atoms with Gasteiger partial charge in [-0.05, 0) is 67.9 Å². The average molecular weight is 601 g/mol. The number of hydrogen-bond donors (Lipinski definition) is 1. The monoisotopic (exact) mass is 600 g/mol. The second kappa shape index (κ2) is 11.7. The zero-order valence-corrected chi connectivity index (χ0v) is 24.9. The molecule has 5 aromatic rings. The summed E-state index contributed by atoms with van der Waals surface area (Å²) in [6.07, 6.45) is 0. The van der Waals surface area contributed by atoms with Gasteiger partial charge in [-0.1, -0.05) is 71.8 Å². The predicted octanol–water partition coefficient (Wildman–Crippen LogP) is 6.09. The minimum absolute atomic E-state index is 0.0527. The van der Waals surface area contributed by atoms with Crippen LogP contribution in [0.2, 0.25) is 5.02 Å². The van der Waals surface area contributed by atoms with Crippen LogP contribution in [-0.2, 0) is 23.6 Å². The molecule has 1 heterocycles. The van der Waals surface area contributed by atoms with E-state index in [2.05, 4.69) is 5.32 Å². The highest BCUT2D eigenvalue weighted by Crippen LogP contribution is 2.30. The summed E-state index contributed by atoms with van der Waals surface area (Å²) in [5.74, 6) is -0.614. The van der Waals surface area contributed by atoms with Crippen molar-refractivity contribution in [2.75, 3.05) is 9.62 Å². The summed E-state index contributed by atoms with van der Waals surface area (Å²) in [4.78, 5) is 27.3. The van der Waals surface area contributed by atoms with Crippen LogP contribution in [0.3, 0.4) is 0 Å². The van der Waals surface area contributed by atoms with Crippen LogP contribution in [-0.4, -0.2) is 23.7 Å². The molecule has 8 nitrogen and oxygen atoms in total. The average Bonchev–Trinajstić information content (AvgIpc) is 3.20. The number of aromatic nitrogens is 2. The van der Waals surface area contributed by atoms with Crippen molar-refractivity contribution in [2.24, 2.45) is 7.05 Å². The summed E-state index contributed by atoms with van der Waals surface area (Å²) in [7, 11) is -2.38. The van der Waals surface area contributed by atoms with Crippen molar-refractivity contribution in [3.8, 4) is 5.69 Å². The number of nitrogens with one attached hydrogen (secondary N) is 1. The minimum atomic E-state index is -4.11. The molecule has 5 rings (SSSR count). The van der Waals surface area contributed by atoms with E-state index in [4.69, 9.17) is 11.6 Å². The van der Waals surface area contributed by atoms with Crippen LogP contribution >= 0.6 is 11.6 Å². The van der Waals surface area contributed by atoms with Crippen LogP contribution in [0.4, 0.5) is 11.4 Å². The van der Waals surface area contributed by atoms with E-state index in [9.17, 15) is 18.0 Å². The van der Waals surface area contributed by atoms with E-state index in [1.807, 2.05) is 25.1 Å². The summed E-state index contributed by atoms with van der Waals surface area (Å²) in [5.41, 5.74) is 2.74. The van der Waals surface area contributed by atoms with Crippen LogP contribution < -0.4 is 15.2 Å². The fraction of sp³-hybridized carbons (Fsp3) is 0.125. The summed E-state index contributed by atoms with van der Waals surface area (Å²) in [6.45, 7) is 3.55. The number of para-hydroxylation sites is 2. The highest BCUT2D eigenvalue weighted by atomic mass is 35.5. The second-order valence-electron chi connectivity index (χ2n) is 9.86. The smallest absolute Gasteiger partial charge is 0.295 e. The Morgan fingerprint density at radius 2 is 1.48 bits per heavy atom. The Hall–Kier alpha value is -4.60. The summed E-state index contributed by atoms with van der Waals surface area (Å²) >= 11 is 6.07. The van der Waals surface area contributed by atoms with E-state index in [-0.39, 0.29) is 28.4 Å². The first-order valence-electron chi connectivity index (χ1n) is 13.2. The minimum Gasteiger partial charge on any atom is -0.316 e. The molecule has 0 saturated carbocycles. The Morgan fingerprint density at radius 3 is 2.14 bits per heavy atom. The lowest BCUT2D eigenvalue weighted by molar-refractivity contribution is 0.102. The van der Waals surface area contributed by atoms with Crippen LogP contribution in [0, 0.1) is 13.8 Å². The number of rotatable bonds is 8. The molecule has 0 fully saturated rings. The van der Waals surface area contributed by atoms with Gasteiger partial charge >= 0.3 is 0 Å². The molecule has 0 unspecified atom stereocenters. The summed E-state index contributed by atoms with van der Waals surface area (Å²) < 4.78 is 32.5. The van der Waals surface area contributed by atoms with E-state index in [1.54, 1.807) is 97.5 Å². The van der Waals surface area contributed by atoms with Crippen molar-refractivity contribution in [1.29, 1.82) is 0 Å². The topological polar surface area (TPSA) is 93.4 Å². The standard InChI is InChI=1S/C32H29ClN4O4S/c1-22-13-19-27(20-14-22)42(40,41)36(21-24-15-17-25(33)18-16-24)29-12-8-7-11-28(29)31(38)34-30-23(2)35(3)37(32(30)39)26-9-5-4-6-10-26/h4-20H,21H2,1-3H3,(H,34,38). The van der Waals surface area contributed by atoms with Crippen molar-refractivity contribution < 1.29 is 13.2 Å². The lowest BCUT2D eigenvalue weighted by Gasteiger charge is -2.26.